The average molecular weight is 675 g/mol. The van der Waals surface area contributed by atoms with E-state index >= 15 is 0 Å². The summed E-state index contributed by atoms with van der Waals surface area (Å²) in [7, 11) is 0. The number of carbonyl (C=O) groups is 2. The zero-order chi connectivity index (χ0) is 34.8. The lowest BCUT2D eigenvalue weighted by molar-refractivity contribution is -0.128. The van der Waals surface area contributed by atoms with E-state index in [2.05, 4.69) is 20.9 Å². The third kappa shape index (κ3) is 10.7. The van der Waals surface area contributed by atoms with Gasteiger partial charge in [-0.25, -0.2) is 4.79 Å². The first-order valence-electron chi connectivity index (χ1n) is 17.1. The molecule has 5 N–H and O–H groups in total. The van der Waals surface area contributed by atoms with E-state index in [1.807, 2.05) is 78.9 Å². The number of nitrogens with one attached hydrogen (secondary N) is 3. The van der Waals surface area contributed by atoms with Gasteiger partial charge in [0, 0.05) is 32.6 Å². The van der Waals surface area contributed by atoms with Gasteiger partial charge < -0.3 is 35.1 Å². The van der Waals surface area contributed by atoms with Crippen LogP contribution in [0.1, 0.15) is 49.1 Å². The highest BCUT2D eigenvalue weighted by molar-refractivity contribution is 5.83. The van der Waals surface area contributed by atoms with Crippen molar-refractivity contribution >= 4 is 12.0 Å². The Morgan fingerprint density at radius 2 is 1.65 bits per heavy atom. The molecule has 5 rings (SSSR count). The summed E-state index contributed by atoms with van der Waals surface area (Å²) < 4.78 is 16.9. The molecule has 2 amide bonds. The van der Waals surface area contributed by atoms with Crippen molar-refractivity contribution in [2.24, 2.45) is 0 Å². The molecule has 0 radical (unpaired) electrons. The van der Waals surface area contributed by atoms with Crippen LogP contribution in [-0.4, -0.2) is 96.5 Å². The van der Waals surface area contributed by atoms with Gasteiger partial charge in [0.1, 0.15) is 24.0 Å². The number of benzene rings is 3. The van der Waals surface area contributed by atoms with Crippen molar-refractivity contribution in [1.82, 2.24) is 20.9 Å². The minimum Gasteiger partial charge on any atom is -0.492 e. The number of hydrogen-bond donors (Lipinski definition) is 5. The zero-order valence-electron chi connectivity index (χ0n) is 28.6. The van der Waals surface area contributed by atoms with Crippen molar-refractivity contribution in [3.8, 4) is 5.75 Å². The second-order valence-corrected chi connectivity index (χ2v) is 13.7. The van der Waals surface area contributed by atoms with Crippen LogP contribution in [0.2, 0.25) is 0 Å². The van der Waals surface area contributed by atoms with Crippen LogP contribution in [0, 0.1) is 0 Å². The molecule has 1 saturated heterocycles. The maximum absolute atomic E-state index is 14.1. The molecule has 0 spiro atoms. The molecule has 0 saturated carbocycles. The first-order chi connectivity index (χ1) is 23.6. The number of alkyl carbamates (subject to hydrolysis) is 1. The molecule has 3 aromatic rings. The summed E-state index contributed by atoms with van der Waals surface area (Å²) in [5.74, 6) is 0.241. The second-order valence-electron chi connectivity index (χ2n) is 13.7. The molecule has 264 valence electrons. The Bertz CT molecular complexity index is 1490. The number of aliphatic hydroxyl groups excluding tert-OH is 2. The molecular formula is C38H50N4O7. The molecule has 5 atom stereocenters. The number of morpholine rings is 1. The molecule has 49 heavy (non-hydrogen) atoms. The average Bonchev–Trinajstić information content (AvgIpc) is 3.39. The molecule has 0 aromatic heterocycles. The van der Waals surface area contributed by atoms with Crippen molar-refractivity contribution in [3.63, 3.8) is 0 Å². The number of hydrogen-bond acceptors (Lipinski definition) is 9. The van der Waals surface area contributed by atoms with Gasteiger partial charge in [-0.1, -0.05) is 66.7 Å². The zero-order valence-corrected chi connectivity index (χ0v) is 28.6. The Kier molecular flexibility index (Phi) is 12.7. The van der Waals surface area contributed by atoms with E-state index in [1.165, 1.54) is 0 Å². The van der Waals surface area contributed by atoms with Crippen molar-refractivity contribution in [2.75, 3.05) is 39.5 Å². The van der Waals surface area contributed by atoms with Gasteiger partial charge >= 0.3 is 6.09 Å². The molecule has 11 nitrogen and oxygen atoms in total. The van der Waals surface area contributed by atoms with Gasteiger partial charge in [0.05, 0.1) is 37.5 Å². The van der Waals surface area contributed by atoms with Gasteiger partial charge in [-0.2, -0.15) is 0 Å². The summed E-state index contributed by atoms with van der Waals surface area (Å²) in [6, 6.07) is 22.0. The largest absolute Gasteiger partial charge is 0.492 e. The van der Waals surface area contributed by atoms with Crippen molar-refractivity contribution in [3.05, 3.63) is 101 Å². The van der Waals surface area contributed by atoms with Gasteiger partial charge in [-0.3, -0.25) is 15.0 Å². The standard InChI is InChI=1S/C38H50N4O7/c1-38(2,3)49-37(46)40-31(23-26-9-5-4-6-10-26)35(44)34(36(45)41-33-30-12-8-7-11-28(30)24-32(33)43)39-25-27-13-15-29(16-14-27)48-22-19-42-17-20-47-21-18-42/h4-16,31-35,39,43-44H,17-25H2,1-3H3,(H,40,46)(H,41,45)/t31-,32+,33-,34+,35+/m0/s1. The van der Waals surface area contributed by atoms with Gasteiger partial charge in [0.2, 0.25) is 5.91 Å². The van der Waals surface area contributed by atoms with E-state index in [0.29, 0.717) is 13.0 Å². The van der Waals surface area contributed by atoms with Crippen molar-refractivity contribution in [1.29, 1.82) is 0 Å². The molecule has 1 aliphatic heterocycles. The quantitative estimate of drug-likeness (QED) is 0.175. The minimum absolute atomic E-state index is 0.248. The third-order valence-corrected chi connectivity index (χ3v) is 8.77. The predicted octanol–water partition coefficient (Wildman–Crippen LogP) is 3.13. The highest BCUT2D eigenvalue weighted by Crippen LogP contribution is 2.31. The van der Waals surface area contributed by atoms with E-state index in [4.69, 9.17) is 14.2 Å². The number of fused-ring (bicyclic) bond motifs is 1. The van der Waals surface area contributed by atoms with E-state index in [0.717, 1.165) is 60.9 Å². The molecule has 1 heterocycles. The molecule has 1 fully saturated rings. The highest BCUT2D eigenvalue weighted by atomic mass is 16.6. The van der Waals surface area contributed by atoms with E-state index in [-0.39, 0.29) is 13.0 Å². The number of rotatable bonds is 14. The Hall–Kier alpha value is -4.00. The summed E-state index contributed by atoms with van der Waals surface area (Å²) >= 11 is 0. The predicted molar refractivity (Wildman–Crippen MR) is 186 cm³/mol. The van der Waals surface area contributed by atoms with E-state index in [1.54, 1.807) is 20.8 Å². The number of ether oxygens (including phenoxy) is 3. The Balaban J connectivity index is 1.31. The first-order valence-corrected chi connectivity index (χ1v) is 17.1. The number of amides is 2. The number of carbonyl (C=O) groups excluding carboxylic acids is 2. The molecular weight excluding hydrogens is 624 g/mol. The van der Waals surface area contributed by atoms with Gasteiger partial charge in [-0.15, -0.1) is 0 Å². The van der Waals surface area contributed by atoms with E-state index in [9.17, 15) is 19.8 Å². The molecule has 3 aromatic carbocycles. The van der Waals surface area contributed by atoms with Crippen LogP contribution in [0.5, 0.6) is 5.75 Å². The molecule has 1 aliphatic carbocycles. The molecule has 0 unspecified atom stereocenters. The normalized spacial score (nSPS) is 19.7. The van der Waals surface area contributed by atoms with Crippen LogP contribution < -0.4 is 20.7 Å². The monoisotopic (exact) mass is 674 g/mol. The lowest BCUT2D eigenvalue weighted by Crippen LogP contribution is -2.60. The maximum Gasteiger partial charge on any atom is 0.407 e. The summed E-state index contributed by atoms with van der Waals surface area (Å²) in [4.78, 5) is 29.4. The SMILES string of the molecule is CC(C)(C)OC(=O)N[C@@H](Cc1ccccc1)[C@@H](O)[C@@H](NCc1ccc(OCCN2CCOCC2)cc1)C(=O)N[C@H]1c2ccccc2C[C@H]1O. The Morgan fingerprint density at radius 1 is 0.959 bits per heavy atom. The lowest BCUT2D eigenvalue weighted by Gasteiger charge is -2.32. The second kappa shape index (κ2) is 17.1. The Morgan fingerprint density at radius 3 is 2.37 bits per heavy atom. The van der Waals surface area contributed by atoms with Crippen LogP contribution in [-0.2, 0) is 33.7 Å². The third-order valence-electron chi connectivity index (χ3n) is 8.77. The molecule has 11 heteroatoms. The molecule has 0 bridgehead atoms. The van der Waals surface area contributed by atoms with Gasteiger partial charge in [-0.05, 0) is 61.6 Å². The summed E-state index contributed by atoms with van der Waals surface area (Å²) in [5.41, 5.74) is 2.79. The summed E-state index contributed by atoms with van der Waals surface area (Å²) in [6.07, 6.45) is -2.22. The van der Waals surface area contributed by atoms with Crippen LogP contribution in [0.15, 0.2) is 78.9 Å². The van der Waals surface area contributed by atoms with E-state index < -0.39 is 47.9 Å². The lowest BCUT2D eigenvalue weighted by atomic mass is 9.95. The van der Waals surface area contributed by atoms with Gasteiger partial charge in [0.25, 0.3) is 0 Å². The minimum atomic E-state index is -1.37. The molecule has 2 aliphatic rings. The fraction of sp³-hybridized carbons (Fsp3) is 0.474. The summed E-state index contributed by atoms with van der Waals surface area (Å²) in [5, 5.41) is 31.9. The topological polar surface area (TPSA) is 142 Å². The maximum atomic E-state index is 14.1. The van der Waals surface area contributed by atoms with Crippen LogP contribution >= 0.6 is 0 Å². The fourth-order valence-electron chi connectivity index (χ4n) is 6.22. The van der Waals surface area contributed by atoms with Crippen LogP contribution in [0.4, 0.5) is 4.79 Å². The Labute approximate surface area is 288 Å². The summed E-state index contributed by atoms with van der Waals surface area (Å²) in [6.45, 7) is 10.2. The highest BCUT2D eigenvalue weighted by Gasteiger charge is 2.38. The van der Waals surface area contributed by atoms with Crippen LogP contribution in [0.25, 0.3) is 0 Å². The number of aliphatic hydroxyl groups is 2. The number of nitrogens with zero attached hydrogens (tertiary/aromatic N) is 1. The van der Waals surface area contributed by atoms with Crippen molar-refractivity contribution in [2.45, 2.75) is 76.1 Å². The van der Waals surface area contributed by atoms with Crippen LogP contribution in [0.3, 0.4) is 0 Å². The first kappa shape index (κ1) is 36.3. The van der Waals surface area contributed by atoms with Gasteiger partial charge in [0.15, 0.2) is 0 Å². The van der Waals surface area contributed by atoms with Crippen molar-refractivity contribution < 1.29 is 34.0 Å². The fourth-order valence-corrected chi connectivity index (χ4v) is 6.22. The smallest absolute Gasteiger partial charge is 0.407 e.